The second kappa shape index (κ2) is 7.98. The number of nitrogens with zero attached hydrogens (tertiary/aromatic N) is 1. The molecule has 0 fully saturated rings. The van der Waals surface area contributed by atoms with Crippen molar-refractivity contribution >= 4 is 11.6 Å². The van der Waals surface area contributed by atoms with E-state index in [1.165, 1.54) is 5.56 Å². The molecule has 0 aliphatic rings. The van der Waals surface area contributed by atoms with Gasteiger partial charge in [-0.25, -0.2) is 5.43 Å². The molecule has 0 saturated carbocycles. The van der Waals surface area contributed by atoms with Crippen LogP contribution in [-0.4, -0.2) is 25.3 Å². The first-order chi connectivity index (χ1) is 11.1. The Balaban J connectivity index is 1.89. The molecule has 0 saturated heterocycles. The third-order valence-electron chi connectivity index (χ3n) is 3.25. The van der Waals surface area contributed by atoms with Crippen molar-refractivity contribution in [1.29, 1.82) is 0 Å². The lowest BCUT2D eigenvalue weighted by Gasteiger charge is -2.09. The Morgan fingerprint density at radius 1 is 1.09 bits per heavy atom. The summed E-state index contributed by atoms with van der Waals surface area (Å²) in [6.45, 7) is 3.73. The highest BCUT2D eigenvalue weighted by molar-refractivity contribution is 5.99. The summed E-state index contributed by atoms with van der Waals surface area (Å²) in [4.78, 5) is 11.8. The number of rotatable bonds is 6. The van der Waals surface area contributed by atoms with E-state index < -0.39 is 0 Å². The van der Waals surface area contributed by atoms with Gasteiger partial charge in [-0.15, -0.1) is 0 Å². The minimum Gasteiger partial charge on any atom is -0.493 e. The van der Waals surface area contributed by atoms with Gasteiger partial charge in [0, 0.05) is 0 Å². The number of benzene rings is 2. The molecule has 0 radical (unpaired) electrons. The fraction of sp³-hybridized carbons (Fsp3) is 0.222. The maximum atomic E-state index is 11.8. The average molecular weight is 312 g/mol. The summed E-state index contributed by atoms with van der Waals surface area (Å²) in [5.41, 5.74) is 5.35. The average Bonchev–Trinajstić information content (AvgIpc) is 2.58. The van der Waals surface area contributed by atoms with Gasteiger partial charge in [0.25, 0.3) is 5.91 Å². The maximum Gasteiger partial charge on any atom is 0.277 e. The van der Waals surface area contributed by atoms with Crippen LogP contribution in [0.25, 0.3) is 0 Å². The van der Waals surface area contributed by atoms with Gasteiger partial charge in [0.15, 0.2) is 18.1 Å². The highest BCUT2D eigenvalue weighted by Gasteiger charge is 2.06. The highest BCUT2D eigenvalue weighted by Crippen LogP contribution is 2.25. The lowest BCUT2D eigenvalue weighted by Crippen LogP contribution is -2.25. The van der Waals surface area contributed by atoms with Gasteiger partial charge in [0.05, 0.1) is 12.8 Å². The molecule has 1 N–H and O–H groups in total. The summed E-state index contributed by atoms with van der Waals surface area (Å²) in [7, 11) is 1.55. The summed E-state index contributed by atoms with van der Waals surface area (Å²) in [6.07, 6.45) is 0. The van der Waals surface area contributed by atoms with Crippen molar-refractivity contribution in [2.75, 3.05) is 13.7 Å². The number of carbonyl (C=O) groups is 1. The molecular formula is C18H20N2O3. The summed E-state index contributed by atoms with van der Waals surface area (Å²) in [5, 5.41) is 4.08. The van der Waals surface area contributed by atoms with Gasteiger partial charge in [0.2, 0.25) is 0 Å². The van der Waals surface area contributed by atoms with E-state index in [0.717, 1.165) is 11.3 Å². The zero-order valence-electron chi connectivity index (χ0n) is 13.5. The molecule has 23 heavy (non-hydrogen) atoms. The second-order valence-electron chi connectivity index (χ2n) is 5.04. The molecule has 0 aromatic heterocycles. The van der Waals surface area contributed by atoms with Crippen molar-refractivity contribution < 1.29 is 14.3 Å². The maximum absolute atomic E-state index is 11.8. The topological polar surface area (TPSA) is 59.9 Å². The molecule has 0 atom stereocenters. The van der Waals surface area contributed by atoms with Crippen LogP contribution >= 0.6 is 0 Å². The number of para-hydroxylation sites is 2. The standard InChI is InChI=1S/C18H20N2O3/c1-13-8-10-15(11-9-13)14(2)19-20-18(21)12-23-17-7-5-4-6-16(17)22-3/h4-11H,12H2,1-3H3,(H,20,21)/b19-14-. The molecule has 0 unspecified atom stereocenters. The lowest BCUT2D eigenvalue weighted by atomic mass is 10.1. The molecule has 2 aromatic carbocycles. The summed E-state index contributed by atoms with van der Waals surface area (Å²) in [5.74, 6) is 0.770. The van der Waals surface area contributed by atoms with E-state index in [1.807, 2.05) is 50.2 Å². The highest BCUT2D eigenvalue weighted by atomic mass is 16.5. The van der Waals surface area contributed by atoms with Crippen LogP contribution in [0.5, 0.6) is 11.5 Å². The first-order valence-corrected chi connectivity index (χ1v) is 7.26. The van der Waals surface area contributed by atoms with E-state index in [0.29, 0.717) is 11.5 Å². The zero-order valence-corrected chi connectivity index (χ0v) is 13.5. The lowest BCUT2D eigenvalue weighted by molar-refractivity contribution is -0.123. The van der Waals surface area contributed by atoms with Gasteiger partial charge in [-0.05, 0) is 31.5 Å². The molecule has 5 heteroatoms. The summed E-state index contributed by atoms with van der Waals surface area (Å²) in [6, 6.07) is 15.1. The quantitative estimate of drug-likeness (QED) is 0.659. The molecule has 0 bridgehead atoms. The Labute approximate surface area is 135 Å². The number of amides is 1. The van der Waals surface area contributed by atoms with E-state index in [4.69, 9.17) is 9.47 Å². The normalized spacial score (nSPS) is 11.0. The van der Waals surface area contributed by atoms with E-state index in [9.17, 15) is 4.79 Å². The van der Waals surface area contributed by atoms with E-state index in [-0.39, 0.29) is 12.5 Å². The number of methoxy groups -OCH3 is 1. The Morgan fingerprint density at radius 3 is 2.39 bits per heavy atom. The van der Waals surface area contributed by atoms with Gasteiger partial charge in [-0.1, -0.05) is 42.0 Å². The van der Waals surface area contributed by atoms with Gasteiger partial charge in [-0.2, -0.15) is 5.10 Å². The molecule has 0 heterocycles. The third kappa shape index (κ3) is 4.85. The van der Waals surface area contributed by atoms with E-state index >= 15 is 0 Å². The van der Waals surface area contributed by atoms with Crippen LogP contribution < -0.4 is 14.9 Å². The number of carbonyl (C=O) groups excluding carboxylic acids is 1. The van der Waals surface area contributed by atoms with Gasteiger partial charge < -0.3 is 9.47 Å². The van der Waals surface area contributed by atoms with Gasteiger partial charge in [0.1, 0.15) is 0 Å². The molecule has 1 amide bonds. The van der Waals surface area contributed by atoms with Crippen molar-refractivity contribution in [2.45, 2.75) is 13.8 Å². The number of ether oxygens (including phenoxy) is 2. The number of hydrazone groups is 1. The zero-order chi connectivity index (χ0) is 16.7. The number of aryl methyl sites for hydroxylation is 1. The van der Waals surface area contributed by atoms with Crippen molar-refractivity contribution in [2.24, 2.45) is 5.10 Å². The van der Waals surface area contributed by atoms with Gasteiger partial charge in [-0.3, -0.25) is 4.79 Å². The molecule has 120 valence electrons. The summed E-state index contributed by atoms with van der Waals surface area (Å²) >= 11 is 0. The molecular weight excluding hydrogens is 292 g/mol. The largest absolute Gasteiger partial charge is 0.493 e. The molecule has 2 aromatic rings. The predicted octanol–water partition coefficient (Wildman–Crippen LogP) is 2.92. The molecule has 0 spiro atoms. The van der Waals surface area contributed by atoms with Crippen molar-refractivity contribution in [3.8, 4) is 11.5 Å². The van der Waals surface area contributed by atoms with Gasteiger partial charge >= 0.3 is 0 Å². The Hall–Kier alpha value is -2.82. The Kier molecular flexibility index (Phi) is 5.74. The number of hydrogen-bond donors (Lipinski definition) is 1. The minimum atomic E-state index is -0.331. The van der Waals surface area contributed by atoms with E-state index in [1.54, 1.807) is 19.2 Å². The monoisotopic (exact) mass is 312 g/mol. The van der Waals surface area contributed by atoms with Crippen LogP contribution in [0.1, 0.15) is 18.1 Å². The van der Waals surface area contributed by atoms with Crippen LogP contribution in [0.2, 0.25) is 0 Å². The van der Waals surface area contributed by atoms with Crippen LogP contribution in [0.3, 0.4) is 0 Å². The first kappa shape index (κ1) is 16.5. The number of hydrogen-bond acceptors (Lipinski definition) is 4. The first-order valence-electron chi connectivity index (χ1n) is 7.26. The molecule has 2 rings (SSSR count). The third-order valence-corrected chi connectivity index (χ3v) is 3.25. The van der Waals surface area contributed by atoms with Crippen LogP contribution in [-0.2, 0) is 4.79 Å². The Bertz CT molecular complexity index is 694. The molecule has 0 aliphatic carbocycles. The van der Waals surface area contributed by atoms with E-state index in [2.05, 4.69) is 10.5 Å². The molecule has 5 nitrogen and oxygen atoms in total. The fourth-order valence-corrected chi connectivity index (χ4v) is 1.92. The predicted molar refractivity (Wildman–Crippen MR) is 90.0 cm³/mol. The second-order valence-corrected chi connectivity index (χ2v) is 5.04. The smallest absolute Gasteiger partial charge is 0.277 e. The summed E-state index contributed by atoms with van der Waals surface area (Å²) < 4.78 is 10.6. The Morgan fingerprint density at radius 2 is 1.74 bits per heavy atom. The minimum absolute atomic E-state index is 0.134. The van der Waals surface area contributed by atoms with Crippen molar-refractivity contribution in [1.82, 2.24) is 5.43 Å². The SMILES string of the molecule is COc1ccccc1OCC(=O)N/N=C(/C)c1ccc(C)cc1. The number of nitrogens with one attached hydrogen (secondary N) is 1. The van der Waals surface area contributed by atoms with Crippen molar-refractivity contribution in [3.63, 3.8) is 0 Å². The van der Waals surface area contributed by atoms with Crippen LogP contribution in [0, 0.1) is 6.92 Å². The van der Waals surface area contributed by atoms with Crippen LogP contribution in [0.4, 0.5) is 0 Å². The van der Waals surface area contributed by atoms with Crippen molar-refractivity contribution in [3.05, 3.63) is 59.7 Å². The van der Waals surface area contributed by atoms with Crippen LogP contribution in [0.15, 0.2) is 53.6 Å². The molecule has 0 aliphatic heterocycles. The fourth-order valence-electron chi connectivity index (χ4n) is 1.92.